The summed E-state index contributed by atoms with van der Waals surface area (Å²) in [4.78, 5) is 12.7. The Morgan fingerprint density at radius 1 is 1.05 bits per heavy atom. The number of carbonyl (C=O) groups excluding carboxylic acids is 1. The van der Waals surface area contributed by atoms with Crippen LogP contribution in [0.3, 0.4) is 0 Å². The van der Waals surface area contributed by atoms with Crippen molar-refractivity contribution in [1.82, 2.24) is 5.32 Å². The van der Waals surface area contributed by atoms with Gasteiger partial charge in [-0.15, -0.1) is 0 Å². The fourth-order valence-electron chi connectivity index (χ4n) is 2.72. The summed E-state index contributed by atoms with van der Waals surface area (Å²) < 4.78 is 0. The minimum Gasteiger partial charge on any atom is -0.312 e. The normalized spacial score (nSPS) is 13.9. The third kappa shape index (κ3) is 2.20. The van der Waals surface area contributed by atoms with Gasteiger partial charge in [0.2, 0.25) is 0 Å². The molecule has 0 unspecified atom stereocenters. The molecule has 1 aliphatic rings. The van der Waals surface area contributed by atoms with Gasteiger partial charge in [0.15, 0.2) is 5.78 Å². The average molecular weight is 251 g/mol. The molecular weight excluding hydrogens is 234 g/mol. The molecule has 0 saturated heterocycles. The van der Waals surface area contributed by atoms with Crippen LogP contribution in [0.15, 0.2) is 42.5 Å². The Kier molecular flexibility index (Phi) is 3.18. The van der Waals surface area contributed by atoms with E-state index in [9.17, 15) is 4.79 Å². The van der Waals surface area contributed by atoms with Gasteiger partial charge in [0.1, 0.15) is 0 Å². The summed E-state index contributed by atoms with van der Waals surface area (Å²) in [5, 5.41) is 3.35. The second-order valence-electron chi connectivity index (χ2n) is 5.01. The van der Waals surface area contributed by atoms with Crippen LogP contribution < -0.4 is 5.32 Å². The number of benzene rings is 2. The molecule has 2 aromatic rings. The maximum absolute atomic E-state index is 12.7. The van der Waals surface area contributed by atoms with E-state index in [1.54, 1.807) is 0 Å². The van der Waals surface area contributed by atoms with Gasteiger partial charge < -0.3 is 5.32 Å². The van der Waals surface area contributed by atoms with Gasteiger partial charge in [-0.2, -0.15) is 0 Å². The molecule has 3 rings (SSSR count). The number of fused-ring (bicyclic) bond motifs is 1. The number of carbonyl (C=O) groups is 1. The summed E-state index contributed by atoms with van der Waals surface area (Å²) in [6.45, 7) is 3.81. The van der Waals surface area contributed by atoms with E-state index in [0.717, 1.165) is 36.2 Å². The van der Waals surface area contributed by atoms with Crippen molar-refractivity contribution in [3.63, 3.8) is 0 Å². The van der Waals surface area contributed by atoms with E-state index in [0.29, 0.717) is 0 Å². The SMILES string of the molecule is Cc1ccccc1C(=O)c1cccc2c1CCNC2. The lowest BCUT2D eigenvalue weighted by Crippen LogP contribution is -2.25. The van der Waals surface area contributed by atoms with Gasteiger partial charge in [0.05, 0.1) is 0 Å². The molecule has 1 N–H and O–H groups in total. The number of nitrogens with one attached hydrogen (secondary N) is 1. The summed E-state index contributed by atoms with van der Waals surface area (Å²) in [5.41, 5.74) is 5.20. The molecule has 0 aromatic heterocycles. The number of ketones is 1. The molecule has 2 aromatic carbocycles. The van der Waals surface area contributed by atoms with Gasteiger partial charge in [-0.25, -0.2) is 0 Å². The summed E-state index contributed by atoms with van der Waals surface area (Å²) in [7, 11) is 0. The van der Waals surface area contributed by atoms with Crippen molar-refractivity contribution in [2.24, 2.45) is 0 Å². The molecular formula is C17H17NO. The Labute approximate surface area is 113 Å². The first-order valence-corrected chi connectivity index (χ1v) is 6.69. The molecule has 2 heteroatoms. The van der Waals surface area contributed by atoms with E-state index in [2.05, 4.69) is 11.4 Å². The van der Waals surface area contributed by atoms with Crippen LogP contribution in [0.5, 0.6) is 0 Å². The summed E-state index contributed by atoms with van der Waals surface area (Å²) >= 11 is 0. The van der Waals surface area contributed by atoms with Crippen molar-refractivity contribution in [2.75, 3.05) is 6.54 Å². The van der Waals surface area contributed by atoms with Crippen molar-refractivity contribution in [3.8, 4) is 0 Å². The second-order valence-corrected chi connectivity index (χ2v) is 5.01. The maximum Gasteiger partial charge on any atom is 0.193 e. The molecule has 0 atom stereocenters. The van der Waals surface area contributed by atoms with Crippen LogP contribution in [0, 0.1) is 6.92 Å². The molecule has 0 amide bonds. The minimum absolute atomic E-state index is 0.150. The molecule has 0 bridgehead atoms. The highest BCUT2D eigenvalue weighted by Gasteiger charge is 2.19. The Morgan fingerprint density at radius 3 is 2.68 bits per heavy atom. The van der Waals surface area contributed by atoms with Gasteiger partial charge in [-0.3, -0.25) is 4.79 Å². The molecule has 96 valence electrons. The van der Waals surface area contributed by atoms with Crippen LogP contribution in [-0.2, 0) is 13.0 Å². The zero-order valence-electron chi connectivity index (χ0n) is 11.1. The van der Waals surface area contributed by atoms with Crippen LogP contribution >= 0.6 is 0 Å². The van der Waals surface area contributed by atoms with Gasteiger partial charge >= 0.3 is 0 Å². The molecule has 19 heavy (non-hydrogen) atoms. The lowest BCUT2D eigenvalue weighted by Gasteiger charge is -2.20. The van der Waals surface area contributed by atoms with Gasteiger partial charge in [0, 0.05) is 17.7 Å². The van der Waals surface area contributed by atoms with Crippen molar-refractivity contribution in [1.29, 1.82) is 0 Å². The molecule has 0 aliphatic carbocycles. The molecule has 0 fully saturated rings. The number of aryl methyl sites for hydroxylation is 1. The average Bonchev–Trinajstić information content (AvgIpc) is 2.46. The summed E-state index contributed by atoms with van der Waals surface area (Å²) in [5.74, 6) is 0.150. The molecule has 1 heterocycles. The van der Waals surface area contributed by atoms with Crippen LogP contribution in [0.4, 0.5) is 0 Å². The largest absolute Gasteiger partial charge is 0.312 e. The Morgan fingerprint density at radius 2 is 1.84 bits per heavy atom. The molecule has 1 aliphatic heterocycles. The van der Waals surface area contributed by atoms with E-state index >= 15 is 0 Å². The first-order chi connectivity index (χ1) is 9.27. The van der Waals surface area contributed by atoms with Crippen LogP contribution in [0.25, 0.3) is 0 Å². The van der Waals surface area contributed by atoms with Crippen LogP contribution in [0.2, 0.25) is 0 Å². The highest BCUT2D eigenvalue weighted by Crippen LogP contribution is 2.22. The first kappa shape index (κ1) is 12.1. The minimum atomic E-state index is 0.150. The van der Waals surface area contributed by atoms with E-state index < -0.39 is 0 Å². The van der Waals surface area contributed by atoms with Gasteiger partial charge in [-0.05, 0) is 36.6 Å². The Hall–Kier alpha value is -1.93. The Bertz CT molecular complexity index is 631. The first-order valence-electron chi connectivity index (χ1n) is 6.69. The standard InChI is InChI=1S/C17H17NO/c1-12-5-2-3-7-14(12)17(19)16-8-4-6-13-11-18-10-9-15(13)16/h2-8,18H,9-11H2,1H3. The Balaban J connectivity index is 2.08. The van der Waals surface area contributed by atoms with Crippen molar-refractivity contribution in [2.45, 2.75) is 19.9 Å². The molecule has 2 nitrogen and oxygen atoms in total. The van der Waals surface area contributed by atoms with Crippen molar-refractivity contribution >= 4 is 5.78 Å². The summed E-state index contributed by atoms with van der Waals surface area (Å²) in [6.07, 6.45) is 0.934. The van der Waals surface area contributed by atoms with Gasteiger partial charge in [0.25, 0.3) is 0 Å². The number of hydrogen-bond donors (Lipinski definition) is 1. The zero-order chi connectivity index (χ0) is 13.2. The number of rotatable bonds is 2. The molecule has 0 radical (unpaired) electrons. The second kappa shape index (κ2) is 4.98. The highest BCUT2D eigenvalue weighted by molar-refractivity contribution is 6.11. The van der Waals surface area contributed by atoms with E-state index in [1.165, 1.54) is 11.1 Å². The van der Waals surface area contributed by atoms with E-state index in [4.69, 9.17) is 0 Å². The lowest BCUT2D eigenvalue weighted by molar-refractivity contribution is 0.103. The van der Waals surface area contributed by atoms with Crippen LogP contribution in [-0.4, -0.2) is 12.3 Å². The van der Waals surface area contributed by atoms with Crippen molar-refractivity contribution < 1.29 is 4.79 Å². The third-order valence-electron chi connectivity index (χ3n) is 3.77. The predicted molar refractivity (Wildman–Crippen MR) is 76.5 cm³/mol. The summed E-state index contributed by atoms with van der Waals surface area (Å²) in [6, 6.07) is 13.8. The lowest BCUT2D eigenvalue weighted by atomic mass is 9.90. The van der Waals surface area contributed by atoms with Crippen LogP contribution in [0.1, 0.15) is 32.6 Å². The van der Waals surface area contributed by atoms with Gasteiger partial charge in [-0.1, -0.05) is 42.5 Å². The van der Waals surface area contributed by atoms with Crippen molar-refractivity contribution in [3.05, 3.63) is 70.3 Å². The fourth-order valence-corrected chi connectivity index (χ4v) is 2.72. The highest BCUT2D eigenvalue weighted by atomic mass is 16.1. The predicted octanol–water partition coefficient (Wildman–Crippen LogP) is 2.87. The smallest absolute Gasteiger partial charge is 0.193 e. The van der Waals surface area contributed by atoms with E-state index in [1.807, 2.05) is 43.3 Å². The zero-order valence-corrected chi connectivity index (χ0v) is 11.1. The monoisotopic (exact) mass is 251 g/mol. The topological polar surface area (TPSA) is 29.1 Å². The maximum atomic E-state index is 12.7. The quantitative estimate of drug-likeness (QED) is 0.832. The molecule has 0 saturated carbocycles. The number of hydrogen-bond acceptors (Lipinski definition) is 2. The molecule has 0 spiro atoms. The third-order valence-corrected chi connectivity index (χ3v) is 3.77. The fraction of sp³-hybridized carbons (Fsp3) is 0.235. The van der Waals surface area contributed by atoms with E-state index in [-0.39, 0.29) is 5.78 Å².